The summed E-state index contributed by atoms with van der Waals surface area (Å²) < 4.78 is 5.66. The predicted molar refractivity (Wildman–Crippen MR) is 83.0 cm³/mol. The number of aromatic nitrogens is 1. The number of hydrogen-bond acceptors (Lipinski definition) is 4. The van der Waals surface area contributed by atoms with E-state index in [2.05, 4.69) is 4.98 Å². The van der Waals surface area contributed by atoms with Crippen molar-refractivity contribution in [3.8, 4) is 11.5 Å². The van der Waals surface area contributed by atoms with Gasteiger partial charge in [0.15, 0.2) is 5.92 Å². The van der Waals surface area contributed by atoms with Crippen molar-refractivity contribution in [2.24, 2.45) is 5.92 Å². The third-order valence-corrected chi connectivity index (χ3v) is 3.67. The Labute approximate surface area is 133 Å². The summed E-state index contributed by atoms with van der Waals surface area (Å²) in [5.41, 5.74) is 1.73. The van der Waals surface area contributed by atoms with Gasteiger partial charge in [-0.2, -0.15) is 0 Å². The molecule has 0 saturated carbocycles. The minimum Gasteiger partial charge on any atom is -0.481 e. The van der Waals surface area contributed by atoms with E-state index in [9.17, 15) is 9.59 Å². The minimum atomic E-state index is -1.34. The van der Waals surface area contributed by atoms with Crippen LogP contribution in [0.25, 0.3) is 11.5 Å². The van der Waals surface area contributed by atoms with E-state index in [-0.39, 0.29) is 6.42 Å². The highest BCUT2D eigenvalue weighted by Crippen LogP contribution is 2.22. The van der Waals surface area contributed by atoms with Crippen LogP contribution in [0.2, 0.25) is 0 Å². The fourth-order valence-electron chi connectivity index (χ4n) is 2.36. The van der Waals surface area contributed by atoms with Crippen molar-refractivity contribution in [1.82, 2.24) is 4.98 Å². The van der Waals surface area contributed by atoms with Gasteiger partial charge in [-0.3, -0.25) is 9.59 Å². The van der Waals surface area contributed by atoms with Crippen molar-refractivity contribution in [1.29, 1.82) is 0 Å². The first-order valence-electron chi connectivity index (χ1n) is 7.46. The third kappa shape index (κ3) is 4.42. The summed E-state index contributed by atoms with van der Waals surface area (Å²) >= 11 is 0. The van der Waals surface area contributed by atoms with Crippen LogP contribution in [0.4, 0.5) is 0 Å². The van der Waals surface area contributed by atoms with Crippen LogP contribution in [-0.4, -0.2) is 27.1 Å². The normalized spacial score (nSPS) is 10.9. The lowest BCUT2D eigenvalue weighted by atomic mass is 10.0. The number of rotatable bonds is 8. The maximum absolute atomic E-state index is 10.8. The second-order valence-electron chi connectivity index (χ2n) is 5.36. The van der Waals surface area contributed by atoms with Crippen LogP contribution in [0.5, 0.6) is 0 Å². The standard InChI is InChI=1S/C17H19NO5/c1-11-14(10-6-5-9-13(16(19)20)17(21)22)18-15(23-11)12-7-3-2-4-8-12/h2-4,7-8,13H,5-6,9-10H2,1H3,(H,19,20)(H,21,22). The van der Waals surface area contributed by atoms with E-state index in [4.69, 9.17) is 14.6 Å². The van der Waals surface area contributed by atoms with Gasteiger partial charge >= 0.3 is 11.9 Å². The van der Waals surface area contributed by atoms with Crippen LogP contribution in [0, 0.1) is 12.8 Å². The molecule has 0 aliphatic heterocycles. The molecular formula is C17H19NO5. The molecule has 6 nitrogen and oxygen atoms in total. The summed E-state index contributed by atoms with van der Waals surface area (Å²) in [5.74, 6) is -2.62. The fraction of sp³-hybridized carbons (Fsp3) is 0.353. The van der Waals surface area contributed by atoms with Crippen LogP contribution in [0.3, 0.4) is 0 Å². The van der Waals surface area contributed by atoms with Gasteiger partial charge in [-0.25, -0.2) is 4.98 Å². The van der Waals surface area contributed by atoms with E-state index in [0.29, 0.717) is 25.2 Å². The van der Waals surface area contributed by atoms with Crippen LogP contribution in [-0.2, 0) is 16.0 Å². The zero-order valence-corrected chi connectivity index (χ0v) is 12.9. The Bertz CT molecular complexity index is 664. The highest BCUT2D eigenvalue weighted by molar-refractivity contribution is 5.92. The number of aliphatic carboxylic acids is 2. The topological polar surface area (TPSA) is 101 Å². The Hall–Kier alpha value is -2.63. The van der Waals surface area contributed by atoms with Gasteiger partial charge in [-0.05, 0) is 38.3 Å². The molecule has 2 aromatic rings. The van der Waals surface area contributed by atoms with Crippen molar-refractivity contribution in [3.05, 3.63) is 41.8 Å². The van der Waals surface area contributed by atoms with Crippen molar-refractivity contribution in [3.63, 3.8) is 0 Å². The van der Waals surface area contributed by atoms with Crippen LogP contribution >= 0.6 is 0 Å². The first-order chi connectivity index (χ1) is 11.0. The summed E-state index contributed by atoms with van der Waals surface area (Å²) in [6.07, 6.45) is 1.93. The zero-order valence-electron chi connectivity index (χ0n) is 12.9. The molecule has 0 fully saturated rings. The third-order valence-electron chi connectivity index (χ3n) is 3.67. The molecule has 0 spiro atoms. The van der Waals surface area contributed by atoms with E-state index in [1.54, 1.807) is 0 Å². The van der Waals surface area contributed by atoms with Crippen molar-refractivity contribution in [2.45, 2.75) is 32.6 Å². The molecule has 122 valence electrons. The molecule has 23 heavy (non-hydrogen) atoms. The lowest BCUT2D eigenvalue weighted by molar-refractivity contribution is -0.154. The number of hydrogen-bond donors (Lipinski definition) is 2. The Morgan fingerprint density at radius 2 is 1.78 bits per heavy atom. The molecule has 0 radical (unpaired) electrons. The number of unbranched alkanes of at least 4 members (excludes halogenated alkanes) is 1. The molecular weight excluding hydrogens is 298 g/mol. The molecule has 1 aromatic heterocycles. The SMILES string of the molecule is Cc1oc(-c2ccccc2)nc1CCCCC(C(=O)O)C(=O)O. The number of benzene rings is 1. The molecule has 0 aliphatic rings. The predicted octanol–water partition coefficient (Wildman–Crippen LogP) is 3.15. The Balaban J connectivity index is 1.91. The molecule has 6 heteroatoms. The van der Waals surface area contributed by atoms with Gasteiger partial charge in [0, 0.05) is 5.56 Å². The van der Waals surface area contributed by atoms with Crippen molar-refractivity contribution >= 4 is 11.9 Å². The van der Waals surface area contributed by atoms with Gasteiger partial charge in [0.25, 0.3) is 0 Å². The monoisotopic (exact) mass is 317 g/mol. The molecule has 1 heterocycles. The van der Waals surface area contributed by atoms with E-state index in [0.717, 1.165) is 17.0 Å². The number of carboxylic acid groups (broad SMARTS) is 2. The molecule has 0 bridgehead atoms. The van der Waals surface area contributed by atoms with Gasteiger partial charge in [-0.1, -0.05) is 24.6 Å². The van der Waals surface area contributed by atoms with Gasteiger partial charge in [0.1, 0.15) is 5.76 Å². The Kier molecular flexibility index (Phi) is 5.51. The second kappa shape index (κ2) is 7.58. The van der Waals surface area contributed by atoms with E-state index in [1.165, 1.54) is 0 Å². The van der Waals surface area contributed by atoms with E-state index < -0.39 is 17.9 Å². The van der Waals surface area contributed by atoms with Crippen LogP contribution in [0.1, 0.15) is 30.7 Å². The van der Waals surface area contributed by atoms with Crippen LogP contribution in [0.15, 0.2) is 34.7 Å². The molecule has 0 atom stereocenters. The largest absolute Gasteiger partial charge is 0.481 e. The molecule has 2 N–H and O–H groups in total. The summed E-state index contributed by atoms with van der Waals surface area (Å²) in [7, 11) is 0. The molecule has 0 amide bonds. The number of oxazole rings is 1. The first-order valence-corrected chi connectivity index (χ1v) is 7.46. The Morgan fingerprint density at radius 3 is 2.39 bits per heavy atom. The quantitative estimate of drug-likeness (QED) is 0.573. The van der Waals surface area contributed by atoms with Crippen LogP contribution < -0.4 is 0 Å². The van der Waals surface area contributed by atoms with Gasteiger partial charge in [0.2, 0.25) is 5.89 Å². The highest BCUT2D eigenvalue weighted by atomic mass is 16.4. The average molecular weight is 317 g/mol. The summed E-state index contributed by atoms with van der Waals surface area (Å²) in [4.78, 5) is 26.1. The minimum absolute atomic E-state index is 0.118. The molecule has 0 saturated heterocycles. The summed E-state index contributed by atoms with van der Waals surface area (Å²) in [6, 6.07) is 9.57. The van der Waals surface area contributed by atoms with E-state index >= 15 is 0 Å². The molecule has 0 aliphatic carbocycles. The summed E-state index contributed by atoms with van der Waals surface area (Å²) in [6.45, 7) is 1.84. The number of nitrogens with zero attached hydrogens (tertiary/aromatic N) is 1. The van der Waals surface area contributed by atoms with Gasteiger partial charge in [0.05, 0.1) is 5.69 Å². The molecule has 2 rings (SSSR count). The van der Waals surface area contributed by atoms with Gasteiger partial charge in [-0.15, -0.1) is 0 Å². The number of aryl methyl sites for hydroxylation is 2. The molecule has 0 unspecified atom stereocenters. The highest BCUT2D eigenvalue weighted by Gasteiger charge is 2.24. The number of carboxylic acids is 2. The van der Waals surface area contributed by atoms with Crippen molar-refractivity contribution < 1.29 is 24.2 Å². The second-order valence-corrected chi connectivity index (χ2v) is 5.36. The smallest absolute Gasteiger partial charge is 0.317 e. The first kappa shape index (κ1) is 16.7. The maximum Gasteiger partial charge on any atom is 0.317 e. The Morgan fingerprint density at radius 1 is 1.13 bits per heavy atom. The van der Waals surface area contributed by atoms with Crippen molar-refractivity contribution in [2.75, 3.05) is 0 Å². The fourth-order valence-corrected chi connectivity index (χ4v) is 2.36. The summed E-state index contributed by atoms with van der Waals surface area (Å²) in [5, 5.41) is 17.7. The number of carbonyl (C=O) groups is 2. The van der Waals surface area contributed by atoms with E-state index in [1.807, 2.05) is 37.3 Å². The maximum atomic E-state index is 10.8. The lowest BCUT2D eigenvalue weighted by Gasteiger charge is -2.06. The zero-order chi connectivity index (χ0) is 16.8. The molecule has 1 aromatic carbocycles. The average Bonchev–Trinajstić information content (AvgIpc) is 2.88. The lowest BCUT2D eigenvalue weighted by Crippen LogP contribution is -2.23. The van der Waals surface area contributed by atoms with Gasteiger partial charge < -0.3 is 14.6 Å².